The SMILES string of the molecule is Cc1ccc(S(=O)(=O)NCCc2c[nH]c3cc(F)ccc23)c(C)c1. The standard InChI is InChI=1S/C18H19FN2O2S/c1-12-3-6-18(13(2)9-12)24(22,23)21-8-7-14-11-20-17-10-15(19)4-5-16(14)17/h3-6,9-11,20-21H,7-8H2,1-2H3. The van der Waals surface area contributed by atoms with Gasteiger partial charge in [0, 0.05) is 23.6 Å². The summed E-state index contributed by atoms with van der Waals surface area (Å²) in [5, 5.41) is 0.905. The van der Waals surface area contributed by atoms with E-state index in [1.807, 2.05) is 13.0 Å². The van der Waals surface area contributed by atoms with Crippen LogP contribution in [0.1, 0.15) is 16.7 Å². The number of aromatic nitrogens is 1. The van der Waals surface area contributed by atoms with Crippen LogP contribution < -0.4 is 4.72 Å². The van der Waals surface area contributed by atoms with Gasteiger partial charge in [-0.25, -0.2) is 17.5 Å². The van der Waals surface area contributed by atoms with Gasteiger partial charge in [-0.3, -0.25) is 0 Å². The molecule has 0 aliphatic heterocycles. The lowest BCUT2D eigenvalue weighted by Gasteiger charge is -2.09. The van der Waals surface area contributed by atoms with Crippen molar-refractivity contribution in [1.29, 1.82) is 0 Å². The number of benzene rings is 2. The molecule has 3 rings (SSSR count). The fourth-order valence-electron chi connectivity index (χ4n) is 2.86. The zero-order valence-corrected chi connectivity index (χ0v) is 14.4. The molecular formula is C18H19FN2O2S. The number of sulfonamides is 1. The van der Waals surface area contributed by atoms with Crippen LogP contribution in [0.5, 0.6) is 0 Å². The minimum absolute atomic E-state index is 0.278. The molecule has 1 aromatic heterocycles. The van der Waals surface area contributed by atoms with Gasteiger partial charge in [-0.1, -0.05) is 17.7 Å². The first-order valence-electron chi connectivity index (χ1n) is 7.69. The van der Waals surface area contributed by atoms with Gasteiger partial charge < -0.3 is 4.98 Å². The van der Waals surface area contributed by atoms with Gasteiger partial charge in [0.1, 0.15) is 5.82 Å². The number of aromatic amines is 1. The number of fused-ring (bicyclic) bond motifs is 1. The van der Waals surface area contributed by atoms with Crippen LogP contribution in [0, 0.1) is 19.7 Å². The van der Waals surface area contributed by atoms with Crippen molar-refractivity contribution in [2.75, 3.05) is 6.54 Å². The van der Waals surface area contributed by atoms with Crippen LogP contribution in [-0.4, -0.2) is 19.9 Å². The number of hydrogen-bond donors (Lipinski definition) is 2. The average Bonchev–Trinajstić information content (AvgIpc) is 2.89. The van der Waals surface area contributed by atoms with Gasteiger partial charge in [0.15, 0.2) is 0 Å². The third kappa shape index (κ3) is 3.34. The second kappa shape index (κ2) is 6.37. The molecule has 0 saturated heterocycles. The second-order valence-corrected chi connectivity index (χ2v) is 7.66. The summed E-state index contributed by atoms with van der Waals surface area (Å²) >= 11 is 0. The minimum Gasteiger partial charge on any atom is -0.361 e. The first-order valence-corrected chi connectivity index (χ1v) is 9.17. The maximum Gasteiger partial charge on any atom is 0.240 e. The van der Waals surface area contributed by atoms with E-state index in [9.17, 15) is 12.8 Å². The maximum atomic E-state index is 13.2. The molecule has 6 heteroatoms. The molecule has 126 valence electrons. The van der Waals surface area contributed by atoms with Gasteiger partial charge in [0.2, 0.25) is 10.0 Å². The number of hydrogen-bond acceptors (Lipinski definition) is 2. The van der Waals surface area contributed by atoms with Gasteiger partial charge in [-0.05, 0) is 55.7 Å². The third-order valence-corrected chi connectivity index (χ3v) is 5.66. The lowest BCUT2D eigenvalue weighted by Crippen LogP contribution is -2.26. The van der Waals surface area contributed by atoms with Crippen LogP contribution in [0.2, 0.25) is 0 Å². The molecule has 2 N–H and O–H groups in total. The summed E-state index contributed by atoms with van der Waals surface area (Å²) in [5.74, 6) is -0.300. The van der Waals surface area contributed by atoms with Gasteiger partial charge in [0.25, 0.3) is 0 Å². The zero-order valence-electron chi connectivity index (χ0n) is 13.6. The first-order chi connectivity index (χ1) is 11.4. The van der Waals surface area contributed by atoms with Crippen molar-refractivity contribution in [2.45, 2.75) is 25.2 Å². The monoisotopic (exact) mass is 346 g/mol. The Hall–Kier alpha value is -2.18. The molecule has 0 spiro atoms. The molecule has 0 radical (unpaired) electrons. The van der Waals surface area contributed by atoms with E-state index in [4.69, 9.17) is 0 Å². The van der Waals surface area contributed by atoms with E-state index in [0.29, 0.717) is 16.8 Å². The molecule has 1 heterocycles. The van der Waals surface area contributed by atoms with Crippen LogP contribution in [0.25, 0.3) is 10.9 Å². The van der Waals surface area contributed by atoms with Gasteiger partial charge in [0.05, 0.1) is 4.90 Å². The molecule has 3 aromatic rings. The van der Waals surface area contributed by atoms with Crippen molar-refractivity contribution in [3.63, 3.8) is 0 Å². The largest absolute Gasteiger partial charge is 0.361 e. The molecule has 0 fully saturated rings. The molecule has 0 amide bonds. The summed E-state index contributed by atoms with van der Waals surface area (Å²) < 4.78 is 40.7. The summed E-state index contributed by atoms with van der Waals surface area (Å²) in [4.78, 5) is 3.31. The van der Waals surface area contributed by atoms with Gasteiger partial charge in [-0.15, -0.1) is 0 Å². The fraction of sp³-hybridized carbons (Fsp3) is 0.222. The molecule has 0 aliphatic rings. The summed E-state index contributed by atoms with van der Waals surface area (Å²) in [5.41, 5.74) is 3.41. The summed E-state index contributed by atoms with van der Waals surface area (Å²) in [6.07, 6.45) is 2.31. The van der Waals surface area contributed by atoms with E-state index in [0.717, 1.165) is 22.1 Å². The summed E-state index contributed by atoms with van der Waals surface area (Å²) in [6, 6.07) is 9.80. The number of rotatable bonds is 5. The van der Waals surface area contributed by atoms with Crippen molar-refractivity contribution in [2.24, 2.45) is 0 Å². The highest BCUT2D eigenvalue weighted by atomic mass is 32.2. The Morgan fingerprint density at radius 3 is 2.67 bits per heavy atom. The Kier molecular flexibility index (Phi) is 4.43. The molecule has 0 atom stereocenters. The van der Waals surface area contributed by atoms with Crippen molar-refractivity contribution in [3.8, 4) is 0 Å². The average molecular weight is 346 g/mol. The highest BCUT2D eigenvalue weighted by Gasteiger charge is 2.16. The number of aryl methyl sites for hydroxylation is 2. The van der Waals surface area contributed by atoms with Crippen molar-refractivity contribution in [3.05, 3.63) is 65.1 Å². The Morgan fingerprint density at radius 2 is 1.92 bits per heavy atom. The lowest BCUT2D eigenvalue weighted by atomic mass is 10.1. The Bertz CT molecular complexity index is 993. The third-order valence-electron chi connectivity index (χ3n) is 4.04. The fourth-order valence-corrected chi connectivity index (χ4v) is 4.12. The predicted molar refractivity (Wildman–Crippen MR) is 93.1 cm³/mol. The molecular weight excluding hydrogens is 327 g/mol. The van der Waals surface area contributed by atoms with Crippen LogP contribution in [0.3, 0.4) is 0 Å². The minimum atomic E-state index is -3.54. The Labute approximate surface area is 140 Å². The summed E-state index contributed by atoms with van der Waals surface area (Å²) in [6.45, 7) is 3.99. The number of halogens is 1. The topological polar surface area (TPSA) is 62.0 Å². The van der Waals surface area contributed by atoms with E-state index in [1.165, 1.54) is 12.1 Å². The van der Waals surface area contributed by atoms with Crippen LogP contribution in [0.15, 0.2) is 47.5 Å². The molecule has 24 heavy (non-hydrogen) atoms. The van der Waals surface area contributed by atoms with Crippen LogP contribution in [-0.2, 0) is 16.4 Å². The first kappa shape index (κ1) is 16.7. The van der Waals surface area contributed by atoms with E-state index < -0.39 is 10.0 Å². The zero-order chi connectivity index (χ0) is 17.3. The molecule has 0 bridgehead atoms. The quantitative estimate of drug-likeness (QED) is 0.743. The lowest BCUT2D eigenvalue weighted by molar-refractivity contribution is 0.581. The predicted octanol–water partition coefficient (Wildman–Crippen LogP) is 3.44. The van der Waals surface area contributed by atoms with Gasteiger partial charge in [-0.2, -0.15) is 0 Å². The van der Waals surface area contributed by atoms with Crippen molar-refractivity contribution >= 4 is 20.9 Å². The highest BCUT2D eigenvalue weighted by molar-refractivity contribution is 7.89. The van der Waals surface area contributed by atoms with E-state index >= 15 is 0 Å². The van der Waals surface area contributed by atoms with Crippen LogP contribution >= 0.6 is 0 Å². The van der Waals surface area contributed by atoms with Crippen molar-refractivity contribution < 1.29 is 12.8 Å². The number of nitrogens with one attached hydrogen (secondary N) is 2. The summed E-state index contributed by atoms with van der Waals surface area (Å²) in [7, 11) is -3.54. The number of H-pyrrole nitrogens is 1. The smallest absolute Gasteiger partial charge is 0.240 e. The van der Waals surface area contributed by atoms with Crippen molar-refractivity contribution in [1.82, 2.24) is 9.71 Å². The Morgan fingerprint density at radius 1 is 1.12 bits per heavy atom. The van der Waals surface area contributed by atoms with E-state index in [2.05, 4.69) is 9.71 Å². The van der Waals surface area contributed by atoms with E-state index in [-0.39, 0.29) is 12.4 Å². The normalized spacial score (nSPS) is 12.0. The highest BCUT2D eigenvalue weighted by Crippen LogP contribution is 2.20. The van der Waals surface area contributed by atoms with Crippen LogP contribution in [0.4, 0.5) is 4.39 Å². The molecule has 0 saturated carbocycles. The second-order valence-electron chi connectivity index (χ2n) is 5.92. The maximum absolute atomic E-state index is 13.2. The Balaban J connectivity index is 1.73. The van der Waals surface area contributed by atoms with Gasteiger partial charge >= 0.3 is 0 Å². The van der Waals surface area contributed by atoms with E-state index in [1.54, 1.807) is 31.3 Å². The molecule has 0 aliphatic carbocycles. The molecule has 2 aromatic carbocycles. The molecule has 4 nitrogen and oxygen atoms in total. The molecule has 0 unspecified atom stereocenters.